The van der Waals surface area contributed by atoms with E-state index in [1.807, 2.05) is 13.0 Å². The number of hydrogen-bond donors (Lipinski definition) is 0. The van der Waals surface area contributed by atoms with Gasteiger partial charge in [0.2, 0.25) is 0 Å². The highest BCUT2D eigenvalue weighted by molar-refractivity contribution is 5.71. The third-order valence-corrected chi connectivity index (χ3v) is 7.00. The Hall–Kier alpha value is -3.62. The maximum atomic E-state index is 14.6. The largest absolute Gasteiger partial charge is 0.418 e. The van der Waals surface area contributed by atoms with Crippen molar-refractivity contribution in [2.24, 2.45) is 0 Å². The SMILES string of the molecule is Cc1cnc2cc([C@@H]3CC[C@H](c4c(C)cccc4F)C3)c(=O)n(Cc3ncccc3C(F)(F)F)c2n1. The van der Waals surface area contributed by atoms with E-state index in [0.29, 0.717) is 41.6 Å². The minimum Gasteiger partial charge on any atom is -0.285 e. The van der Waals surface area contributed by atoms with Crippen molar-refractivity contribution < 1.29 is 17.6 Å². The van der Waals surface area contributed by atoms with Crippen molar-refractivity contribution in [2.75, 3.05) is 0 Å². The molecule has 1 fully saturated rings. The van der Waals surface area contributed by atoms with Gasteiger partial charge in [-0.1, -0.05) is 12.1 Å². The van der Waals surface area contributed by atoms with Gasteiger partial charge in [-0.25, -0.2) is 9.37 Å². The van der Waals surface area contributed by atoms with Crippen LogP contribution in [0.25, 0.3) is 11.2 Å². The quantitative estimate of drug-likeness (QED) is 0.322. The van der Waals surface area contributed by atoms with E-state index in [1.54, 1.807) is 25.3 Å². The first-order valence-corrected chi connectivity index (χ1v) is 11.8. The highest BCUT2D eigenvalue weighted by Crippen LogP contribution is 2.44. The van der Waals surface area contributed by atoms with Gasteiger partial charge in [-0.2, -0.15) is 13.2 Å². The minimum absolute atomic E-state index is 0.0449. The fourth-order valence-electron chi connectivity index (χ4n) is 5.33. The van der Waals surface area contributed by atoms with Crippen LogP contribution >= 0.6 is 0 Å². The number of aromatic nitrogens is 4. The van der Waals surface area contributed by atoms with E-state index >= 15 is 0 Å². The fraction of sp³-hybridized carbons (Fsp3) is 0.333. The summed E-state index contributed by atoms with van der Waals surface area (Å²) >= 11 is 0. The number of fused-ring (bicyclic) bond motifs is 1. The van der Waals surface area contributed by atoms with Crippen LogP contribution in [0.2, 0.25) is 0 Å². The molecule has 1 aliphatic carbocycles. The number of nitrogens with zero attached hydrogens (tertiary/aromatic N) is 4. The van der Waals surface area contributed by atoms with Gasteiger partial charge >= 0.3 is 6.18 Å². The molecule has 186 valence electrons. The van der Waals surface area contributed by atoms with Crippen LogP contribution in [0.5, 0.6) is 0 Å². The fourth-order valence-corrected chi connectivity index (χ4v) is 5.33. The van der Waals surface area contributed by atoms with Crippen molar-refractivity contribution in [3.8, 4) is 0 Å². The lowest BCUT2D eigenvalue weighted by Gasteiger charge is -2.18. The highest BCUT2D eigenvalue weighted by Gasteiger charge is 2.35. The van der Waals surface area contributed by atoms with E-state index in [1.165, 1.54) is 22.9 Å². The average Bonchev–Trinajstić information content (AvgIpc) is 3.30. The Morgan fingerprint density at radius 1 is 1.06 bits per heavy atom. The lowest BCUT2D eigenvalue weighted by atomic mass is 9.90. The van der Waals surface area contributed by atoms with Crippen LogP contribution < -0.4 is 5.56 Å². The molecule has 1 aliphatic rings. The van der Waals surface area contributed by atoms with E-state index < -0.39 is 17.3 Å². The van der Waals surface area contributed by atoms with Crippen LogP contribution in [-0.2, 0) is 12.7 Å². The summed E-state index contributed by atoms with van der Waals surface area (Å²) in [4.78, 5) is 26.5. The van der Waals surface area contributed by atoms with E-state index in [-0.39, 0.29) is 35.5 Å². The minimum atomic E-state index is -4.61. The molecule has 0 unspecified atom stereocenters. The Bertz CT molecular complexity index is 1490. The number of hydrogen-bond acceptors (Lipinski definition) is 4. The molecular formula is C27H24F4N4O. The summed E-state index contributed by atoms with van der Waals surface area (Å²) in [6.07, 6.45) is 0.162. The molecule has 2 atom stereocenters. The molecule has 0 saturated heterocycles. The Kier molecular flexibility index (Phi) is 6.10. The molecule has 4 aromatic rings. The second-order valence-electron chi connectivity index (χ2n) is 9.38. The third kappa shape index (κ3) is 4.38. The van der Waals surface area contributed by atoms with Gasteiger partial charge in [0.25, 0.3) is 5.56 Å². The predicted molar refractivity (Wildman–Crippen MR) is 127 cm³/mol. The summed E-state index contributed by atoms with van der Waals surface area (Å²) < 4.78 is 56.8. The van der Waals surface area contributed by atoms with Gasteiger partial charge < -0.3 is 0 Å². The molecule has 0 amide bonds. The Balaban J connectivity index is 1.60. The first-order chi connectivity index (χ1) is 17.1. The molecule has 1 saturated carbocycles. The molecule has 0 bridgehead atoms. The zero-order chi connectivity index (χ0) is 25.6. The molecule has 0 N–H and O–H groups in total. The highest BCUT2D eigenvalue weighted by atomic mass is 19.4. The second-order valence-corrected chi connectivity index (χ2v) is 9.38. The number of halogens is 4. The average molecular weight is 497 g/mol. The topological polar surface area (TPSA) is 60.7 Å². The molecule has 1 aromatic carbocycles. The molecule has 5 rings (SSSR count). The van der Waals surface area contributed by atoms with Gasteiger partial charge in [0.15, 0.2) is 5.65 Å². The standard InChI is InChI=1S/C27H24F4N4O/c1-15-5-3-7-21(28)24(15)18-9-8-17(11-18)19-12-22-25(34-16(2)13-33-22)35(26(19)36)14-23-20(27(29,30)31)6-4-10-32-23/h3-7,10,12-13,17-18H,8-9,11,14H2,1-2H3/t17-,18+/m1/s1. The van der Waals surface area contributed by atoms with Crippen molar-refractivity contribution in [3.05, 3.63) is 98.6 Å². The van der Waals surface area contributed by atoms with E-state index in [0.717, 1.165) is 11.6 Å². The smallest absolute Gasteiger partial charge is 0.285 e. The molecule has 5 nitrogen and oxygen atoms in total. The summed E-state index contributed by atoms with van der Waals surface area (Å²) in [5.41, 5.74) is 1.59. The van der Waals surface area contributed by atoms with Crippen LogP contribution in [0, 0.1) is 19.7 Å². The summed E-state index contributed by atoms with van der Waals surface area (Å²) in [6, 6.07) is 8.85. The number of benzene rings is 1. The van der Waals surface area contributed by atoms with E-state index in [4.69, 9.17) is 0 Å². The van der Waals surface area contributed by atoms with E-state index in [2.05, 4.69) is 15.0 Å². The third-order valence-electron chi connectivity index (χ3n) is 7.00. The monoisotopic (exact) mass is 496 g/mol. The zero-order valence-corrected chi connectivity index (χ0v) is 19.8. The van der Waals surface area contributed by atoms with E-state index in [9.17, 15) is 22.4 Å². The number of aryl methyl sites for hydroxylation is 2. The van der Waals surface area contributed by atoms with Crippen molar-refractivity contribution in [2.45, 2.75) is 57.7 Å². The van der Waals surface area contributed by atoms with Gasteiger partial charge in [0, 0.05) is 18.0 Å². The first kappa shape index (κ1) is 24.1. The van der Waals surface area contributed by atoms with Gasteiger partial charge in [0.05, 0.1) is 23.5 Å². The van der Waals surface area contributed by atoms with Gasteiger partial charge in [-0.15, -0.1) is 0 Å². The number of alkyl halides is 3. The normalized spacial score (nSPS) is 18.2. The molecule has 3 aromatic heterocycles. The van der Waals surface area contributed by atoms with Crippen LogP contribution in [0.1, 0.15) is 64.7 Å². The zero-order valence-electron chi connectivity index (χ0n) is 19.8. The Morgan fingerprint density at radius 3 is 2.58 bits per heavy atom. The van der Waals surface area contributed by atoms with Crippen molar-refractivity contribution >= 4 is 11.2 Å². The molecule has 0 aliphatic heterocycles. The predicted octanol–water partition coefficient (Wildman–Crippen LogP) is 6.06. The lowest BCUT2D eigenvalue weighted by molar-refractivity contribution is -0.138. The van der Waals surface area contributed by atoms with Gasteiger partial charge in [-0.3, -0.25) is 19.3 Å². The molecule has 0 radical (unpaired) electrons. The summed E-state index contributed by atoms with van der Waals surface area (Å²) in [5.74, 6) is -0.477. The Labute approximate surface area is 204 Å². The maximum absolute atomic E-state index is 14.6. The maximum Gasteiger partial charge on any atom is 0.418 e. The first-order valence-electron chi connectivity index (χ1n) is 11.8. The van der Waals surface area contributed by atoms with Crippen molar-refractivity contribution in [1.29, 1.82) is 0 Å². The lowest BCUT2D eigenvalue weighted by Crippen LogP contribution is -2.28. The van der Waals surface area contributed by atoms with Crippen LogP contribution in [-0.4, -0.2) is 19.5 Å². The second kappa shape index (κ2) is 9.11. The van der Waals surface area contributed by atoms with Crippen LogP contribution in [0.15, 0.2) is 53.6 Å². The summed E-state index contributed by atoms with van der Waals surface area (Å²) in [7, 11) is 0. The molecular weight excluding hydrogens is 472 g/mol. The Morgan fingerprint density at radius 2 is 1.83 bits per heavy atom. The van der Waals surface area contributed by atoms with Gasteiger partial charge in [-0.05, 0) is 80.3 Å². The van der Waals surface area contributed by atoms with Crippen LogP contribution in [0.4, 0.5) is 17.6 Å². The molecule has 36 heavy (non-hydrogen) atoms. The van der Waals surface area contributed by atoms with Crippen molar-refractivity contribution in [1.82, 2.24) is 19.5 Å². The summed E-state index contributed by atoms with van der Waals surface area (Å²) in [5, 5.41) is 0. The molecule has 0 spiro atoms. The molecule has 9 heteroatoms. The van der Waals surface area contributed by atoms with Gasteiger partial charge in [0.1, 0.15) is 11.3 Å². The van der Waals surface area contributed by atoms with Crippen molar-refractivity contribution in [3.63, 3.8) is 0 Å². The van der Waals surface area contributed by atoms with Crippen LogP contribution in [0.3, 0.4) is 0 Å². The summed E-state index contributed by atoms with van der Waals surface area (Å²) in [6.45, 7) is 3.19. The number of pyridine rings is 2. The number of rotatable bonds is 4. The molecule has 3 heterocycles.